The highest BCUT2D eigenvalue weighted by atomic mass is 35.5. The third-order valence-electron chi connectivity index (χ3n) is 3.95. The number of carbonyl (C=O) groups excluding carboxylic acids is 2. The van der Waals surface area contributed by atoms with Gasteiger partial charge < -0.3 is 18.8 Å². The molecule has 1 amide bonds. The molecule has 0 aliphatic heterocycles. The smallest absolute Gasteiger partial charge is 0.326 e. The zero-order valence-electron chi connectivity index (χ0n) is 16.6. The molecule has 0 fully saturated rings. The number of carbonyl (C=O) groups is 2. The van der Waals surface area contributed by atoms with Gasteiger partial charge in [-0.15, -0.1) is 0 Å². The molecule has 0 aliphatic rings. The fourth-order valence-corrected chi connectivity index (χ4v) is 4.03. The van der Waals surface area contributed by atoms with Crippen LogP contribution in [0.4, 0.5) is 0 Å². The van der Waals surface area contributed by atoms with Crippen LogP contribution in [0.3, 0.4) is 0 Å². The first-order valence-electron chi connectivity index (χ1n) is 9.38. The molecule has 0 saturated heterocycles. The Bertz CT molecular complexity index is 1100. The van der Waals surface area contributed by atoms with Crippen molar-refractivity contribution in [2.45, 2.75) is 20.4 Å². The summed E-state index contributed by atoms with van der Waals surface area (Å²) in [6.07, 6.45) is 0. The van der Waals surface area contributed by atoms with E-state index in [9.17, 15) is 9.59 Å². The number of benzene rings is 2. The normalized spacial score (nSPS) is 11.5. The van der Waals surface area contributed by atoms with E-state index in [-0.39, 0.29) is 19.8 Å². The van der Waals surface area contributed by atoms with Gasteiger partial charge in [0.2, 0.25) is 0 Å². The van der Waals surface area contributed by atoms with Gasteiger partial charge >= 0.3 is 5.97 Å². The van der Waals surface area contributed by atoms with E-state index in [0.717, 1.165) is 16.0 Å². The number of rotatable bonds is 8. The zero-order chi connectivity index (χ0) is 21.5. The van der Waals surface area contributed by atoms with Crippen molar-refractivity contribution in [3.05, 3.63) is 52.3 Å². The zero-order valence-corrected chi connectivity index (χ0v) is 18.2. The Morgan fingerprint density at radius 1 is 1.03 bits per heavy atom. The molecule has 0 unspecified atom stereocenters. The lowest BCUT2D eigenvalue weighted by Gasteiger charge is -2.06. The summed E-state index contributed by atoms with van der Waals surface area (Å²) in [7, 11) is 0. The Kier molecular flexibility index (Phi) is 7.48. The number of aromatic nitrogens is 1. The number of thiazole rings is 1. The third kappa shape index (κ3) is 5.61. The maximum Gasteiger partial charge on any atom is 0.326 e. The Morgan fingerprint density at radius 2 is 1.73 bits per heavy atom. The molecule has 1 aromatic heterocycles. The molecule has 158 valence electrons. The predicted molar refractivity (Wildman–Crippen MR) is 115 cm³/mol. The van der Waals surface area contributed by atoms with Crippen LogP contribution in [0.2, 0.25) is 5.02 Å². The molecule has 0 radical (unpaired) electrons. The summed E-state index contributed by atoms with van der Waals surface area (Å²) in [5, 5.41) is 0.559. The molecule has 0 saturated carbocycles. The number of hydrogen-bond donors (Lipinski definition) is 0. The first kappa shape index (κ1) is 21.9. The number of nitrogens with zero attached hydrogens (tertiary/aromatic N) is 2. The van der Waals surface area contributed by atoms with Crippen molar-refractivity contribution in [3.8, 4) is 11.5 Å². The molecule has 0 atom stereocenters. The average Bonchev–Trinajstić information content (AvgIpc) is 3.03. The molecule has 3 rings (SSSR count). The average molecular weight is 449 g/mol. The van der Waals surface area contributed by atoms with E-state index in [1.54, 1.807) is 54.0 Å². The van der Waals surface area contributed by atoms with Gasteiger partial charge in [-0.2, -0.15) is 4.99 Å². The van der Waals surface area contributed by atoms with E-state index < -0.39 is 11.9 Å². The third-order valence-corrected chi connectivity index (χ3v) is 5.23. The maximum atomic E-state index is 12.4. The number of hydrogen-bond acceptors (Lipinski definition) is 6. The second kappa shape index (κ2) is 10.3. The predicted octanol–water partition coefficient (Wildman–Crippen LogP) is 3.82. The first-order chi connectivity index (χ1) is 14.5. The fraction of sp³-hybridized carbons (Fsp3) is 0.286. The second-order valence-electron chi connectivity index (χ2n) is 6.09. The van der Waals surface area contributed by atoms with Crippen LogP contribution in [-0.2, 0) is 20.9 Å². The fourth-order valence-electron chi connectivity index (χ4n) is 2.70. The first-order valence-corrected chi connectivity index (χ1v) is 10.6. The van der Waals surface area contributed by atoms with Crippen molar-refractivity contribution in [1.29, 1.82) is 0 Å². The van der Waals surface area contributed by atoms with E-state index in [2.05, 4.69) is 4.99 Å². The molecule has 0 aliphatic carbocycles. The maximum absolute atomic E-state index is 12.4. The molecule has 1 heterocycles. The Hall–Kier alpha value is -2.84. The lowest BCUT2D eigenvalue weighted by molar-refractivity contribution is -0.143. The second-order valence-corrected chi connectivity index (χ2v) is 7.53. The minimum absolute atomic E-state index is 0.0542. The van der Waals surface area contributed by atoms with E-state index >= 15 is 0 Å². The van der Waals surface area contributed by atoms with E-state index in [4.69, 9.17) is 25.8 Å². The van der Waals surface area contributed by atoms with Gasteiger partial charge in [0.1, 0.15) is 18.0 Å². The SMILES string of the molecule is CCOC(=O)Cn1c(=NC(=O)COc2ccc(OCC)cc2)sc2cc(Cl)ccc21. The quantitative estimate of drug-likeness (QED) is 0.489. The molecule has 3 aromatic rings. The summed E-state index contributed by atoms with van der Waals surface area (Å²) in [4.78, 5) is 28.9. The van der Waals surface area contributed by atoms with Gasteiger partial charge in [-0.05, 0) is 56.3 Å². The van der Waals surface area contributed by atoms with Gasteiger partial charge in [0, 0.05) is 5.02 Å². The van der Waals surface area contributed by atoms with Gasteiger partial charge in [0.05, 0.1) is 23.4 Å². The van der Waals surface area contributed by atoms with Crippen LogP contribution in [0.5, 0.6) is 11.5 Å². The van der Waals surface area contributed by atoms with Crippen molar-refractivity contribution >= 4 is 45.0 Å². The van der Waals surface area contributed by atoms with Crippen LogP contribution in [0.15, 0.2) is 47.5 Å². The molecule has 0 N–H and O–H groups in total. The lowest BCUT2D eigenvalue weighted by Crippen LogP contribution is -2.24. The molecular formula is C21H21ClN2O5S. The molecule has 7 nitrogen and oxygen atoms in total. The molecule has 9 heteroatoms. The van der Waals surface area contributed by atoms with Crippen LogP contribution in [0.1, 0.15) is 13.8 Å². The molecule has 0 bridgehead atoms. The number of ether oxygens (including phenoxy) is 3. The van der Waals surface area contributed by atoms with Crippen LogP contribution < -0.4 is 14.3 Å². The van der Waals surface area contributed by atoms with Gasteiger partial charge in [-0.1, -0.05) is 22.9 Å². The van der Waals surface area contributed by atoms with Gasteiger partial charge in [0.15, 0.2) is 11.4 Å². The summed E-state index contributed by atoms with van der Waals surface area (Å²) in [5.41, 5.74) is 0.747. The van der Waals surface area contributed by atoms with Crippen LogP contribution in [-0.4, -0.2) is 36.3 Å². The van der Waals surface area contributed by atoms with E-state index in [1.165, 1.54) is 11.3 Å². The Labute approximate surface area is 182 Å². The summed E-state index contributed by atoms with van der Waals surface area (Å²) in [5.74, 6) is 0.375. The highest BCUT2D eigenvalue weighted by molar-refractivity contribution is 7.16. The van der Waals surface area contributed by atoms with Gasteiger partial charge in [-0.3, -0.25) is 9.59 Å². The molecule has 0 spiro atoms. The summed E-state index contributed by atoms with van der Waals surface area (Å²) >= 11 is 7.34. The Morgan fingerprint density at radius 3 is 2.40 bits per heavy atom. The van der Waals surface area contributed by atoms with Crippen LogP contribution in [0.25, 0.3) is 10.2 Å². The van der Waals surface area contributed by atoms with Crippen molar-refractivity contribution in [1.82, 2.24) is 4.57 Å². The number of halogens is 1. The highest BCUT2D eigenvalue weighted by Gasteiger charge is 2.13. The van der Waals surface area contributed by atoms with Crippen LogP contribution >= 0.6 is 22.9 Å². The molecule has 30 heavy (non-hydrogen) atoms. The van der Waals surface area contributed by atoms with Crippen molar-refractivity contribution < 1.29 is 23.8 Å². The number of fused-ring (bicyclic) bond motifs is 1. The van der Waals surface area contributed by atoms with Crippen molar-refractivity contribution in [2.24, 2.45) is 4.99 Å². The number of esters is 1. The van der Waals surface area contributed by atoms with Crippen molar-refractivity contribution in [2.75, 3.05) is 19.8 Å². The molecular weight excluding hydrogens is 428 g/mol. The summed E-state index contributed by atoms with van der Waals surface area (Å²) < 4.78 is 18.4. The molecule has 2 aromatic carbocycles. The minimum atomic E-state index is -0.473. The highest BCUT2D eigenvalue weighted by Crippen LogP contribution is 2.22. The van der Waals surface area contributed by atoms with Crippen LogP contribution in [0, 0.1) is 0 Å². The standard InChI is InChI=1S/C21H21ClN2O5S/c1-3-27-15-6-8-16(9-7-15)29-13-19(25)23-21-24(12-20(26)28-4-2)17-10-5-14(22)11-18(17)30-21/h5-11H,3-4,12-13H2,1-2H3. The van der Waals surface area contributed by atoms with Crippen molar-refractivity contribution in [3.63, 3.8) is 0 Å². The van der Waals surface area contributed by atoms with Gasteiger partial charge in [0.25, 0.3) is 5.91 Å². The van der Waals surface area contributed by atoms with Gasteiger partial charge in [-0.25, -0.2) is 0 Å². The Balaban J connectivity index is 1.81. The van der Waals surface area contributed by atoms with E-state index in [0.29, 0.717) is 22.2 Å². The summed E-state index contributed by atoms with van der Waals surface area (Å²) in [6, 6.07) is 12.3. The topological polar surface area (TPSA) is 79.1 Å². The van der Waals surface area contributed by atoms with E-state index in [1.807, 2.05) is 6.92 Å². The lowest BCUT2D eigenvalue weighted by atomic mass is 10.3. The summed E-state index contributed by atoms with van der Waals surface area (Å²) in [6.45, 7) is 4.20. The largest absolute Gasteiger partial charge is 0.494 e. The minimum Gasteiger partial charge on any atom is -0.494 e. The monoisotopic (exact) mass is 448 g/mol. The number of amides is 1.